The lowest BCUT2D eigenvalue weighted by Gasteiger charge is -2.09. The van der Waals surface area contributed by atoms with Crippen LogP contribution in [0.5, 0.6) is 11.5 Å². The standard InChI is InChI=1S/C16H17FN2O3/c17-12-3-1-4-15(11-12)22-14-7-5-13(6-8-14)19-16(21)18-9-2-10-20/h1,3-8,11,20H,2,9-10H2,(H2,18,19,21). The fraction of sp³-hybridized carbons (Fsp3) is 0.188. The number of aliphatic hydroxyl groups excluding tert-OH is 1. The Kier molecular flexibility index (Phi) is 5.73. The second kappa shape index (κ2) is 7.99. The lowest BCUT2D eigenvalue weighted by atomic mass is 10.3. The van der Waals surface area contributed by atoms with Gasteiger partial charge in [-0.05, 0) is 42.8 Å². The van der Waals surface area contributed by atoms with Gasteiger partial charge in [-0.25, -0.2) is 9.18 Å². The number of carbonyl (C=O) groups excluding carboxylic acids is 1. The van der Waals surface area contributed by atoms with Gasteiger partial charge < -0.3 is 20.5 Å². The van der Waals surface area contributed by atoms with Gasteiger partial charge in [-0.2, -0.15) is 0 Å². The number of aliphatic hydroxyl groups is 1. The number of benzene rings is 2. The molecule has 0 aliphatic carbocycles. The Morgan fingerprint density at radius 3 is 2.59 bits per heavy atom. The van der Waals surface area contributed by atoms with Crippen LogP contribution in [0, 0.1) is 5.82 Å². The monoisotopic (exact) mass is 304 g/mol. The predicted octanol–water partition coefficient (Wildman–Crippen LogP) is 3.12. The molecular weight excluding hydrogens is 287 g/mol. The van der Waals surface area contributed by atoms with Gasteiger partial charge >= 0.3 is 6.03 Å². The van der Waals surface area contributed by atoms with E-state index in [1.54, 1.807) is 36.4 Å². The van der Waals surface area contributed by atoms with E-state index in [9.17, 15) is 9.18 Å². The third kappa shape index (κ3) is 5.06. The largest absolute Gasteiger partial charge is 0.457 e. The molecule has 0 heterocycles. The molecule has 2 amide bonds. The van der Waals surface area contributed by atoms with Gasteiger partial charge in [0.1, 0.15) is 17.3 Å². The van der Waals surface area contributed by atoms with Gasteiger partial charge in [0.2, 0.25) is 0 Å². The minimum absolute atomic E-state index is 0.0341. The van der Waals surface area contributed by atoms with E-state index in [1.807, 2.05) is 0 Å². The van der Waals surface area contributed by atoms with Crippen LogP contribution in [-0.2, 0) is 0 Å². The zero-order chi connectivity index (χ0) is 15.8. The van der Waals surface area contributed by atoms with E-state index in [2.05, 4.69) is 10.6 Å². The van der Waals surface area contributed by atoms with Crippen LogP contribution in [0.1, 0.15) is 6.42 Å². The molecule has 22 heavy (non-hydrogen) atoms. The second-order valence-corrected chi connectivity index (χ2v) is 4.54. The van der Waals surface area contributed by atoms with Crippen LogP contribution < -0.4 is 15.4 Å². The molecule has 0 aromatic heterocycles. The number of ether oxygens (including phenoxy) is 1. The number of carbonyl (C=O) groups is 1. The summed E-state index contributed by atoms with van der Waals surface area (Å²) in [6, 6.07) is 12.2. The highest BCUT2D eigenvalue weighted by Crippen LogP contribution is 2.23. The van der Waals surface area contributed by atoms with E-state index in [0.29, 0.717) is 30.2 Å². The first-order valence-electron chi connectivity index (χ1n) is 6.86. The predicted molar refractivity (Wildman–Crippen MR) is 81.6 cm³/mol. The minimum Gasteiger partial charge on any atom is -0.457 e. The molecule has 0 aliphatic heterocycles. The first-order chi connectivity index (χ1) is 10.7. The Morgan fingerprint density at radius 1 is 1.14 bits per heavy atom. The minimum atomic E-state index is -0.365. The SMILES string of the molecule is O=C(NCCCO)Nc1ccc(Oc2cccc(F)c2)cc1. The number of amides is 2. The quantitative estimate of drug-likeness (QED) is 0.718. The van der Waals surface area contributed by atoms with Crippen molar-refractivity contribution in [3.05, 3.63) is 54.3 Å². The van der Waals surface area contributed by atoms with Crippen LogP contribution in [0.4, 0.5) is 14.9 Å². The second-order valence-electron chi connectivity index (χ2n) is 4.54. The fourth-order valence-electron chi connectivity index (χ4n) is 1.73. The molecule has 0 saturated carbocycles. The Balaban J connectivity index is 1.88. The maximum atomic E-state index is 13.1. The van der Waals surface area contributed by atoms with Crippen LogP contribution in [0.15, 0.2) is 48.5 Å². The van der Waals surface area contributed by atoms with Crippen LogP contribution >= 0.6 is 0 Å². The number of urea groups is 1. The maximum absolute atomic E-state index is 13.1. The number of rotatable bonds is 6. The molecule has 2 rings (SSSR count). The van der Waals surface area contributed by atoms with Gasteiger partial charge in [0.15, 0.2) is 0 Å². The lowest BCUT2D eigenvalue weighted by Crippen LogP contribution is -2.29. The van der Waals surface area contributed by atoms with E-state index < -0.39 is 0 Å². The highest BCUT2D eigenvalue weighted by molar-refractivity contribution is 5.89. The van der Waals surface area contributed by atoms with Crippen molar-refractivity contribution in [2.45, 2.75) is 6.42 Å². The van der Waals surface area contributed by atoms with Gasteiger partial charge in [0, 0.05) is 24.9 Å². The zero-order valence-corrected chi connectivity index (χ0v) is 11.9. The molecule has 0 saturated heterocycles. The summed E-state index contributed by atoms with van der Waals surface area (Å²) in [4.78, 5) is 11.5. The summed E-state index contributed by atoms with van der Waals surface area (Å²) in [5.41, 5.74) is 0.605. The highest BCUT2D eigenvalue weighted by atomic mass is 19.1. The van der Waals surface area contributed by atoms with Crippen molar-refractivity contribution in [1.29, 1.82) is 0 Å². The van der Waals surface area contributed by atoms with Gasteiger partial charge in [0.05, 0.1) is 0 Å². The van der Waals surface area contributed by atoms with Gasteiger partial charge in [-0.1, -0.05) is 6.07 Å². The summed E-state index contributed by atoms with van der Waals surface area (Å²) in [7, 11) is 0. The van der Waals surface area contributed by atoms with E-state index in [4.69, 9.17) is 9.84 Å². The highest BCUT2D eigenvalue weighted by Gasteiger charge is 2.02. The molecular formula is C16H17FN2O3. The van der Waals surface area contributed by atoms with Crippen LogP contribution in [0.25, 0.3) is 0 Å². The van der Waals surface area contributed by atoms with Crippen LogP contribution in [-0.4, -0.2) is 24.3 Å². The summed E-state index contributed by atoms with van der Waals surface area (Å²) >= 11 is 0. The summed E-state index contributed by atoms with van der Waals surface area (Å²) in [5.74, 6) is 0.578. The number of halogens is 1. The molecule has 0 atom stereocenters. The van der Waals surface area contributed by atoms with E-state index in [-0.39, 0.29) is 18.5 Å². The third-order valence-corrected chi connectivity index (χ3v) is 2.76. The molecule has 0 radical (unpaired) electrons. The van der Waals surface area contributed by atoms with Crippen molar-refractivity contribution in [1.82, 2.24) is 5.32 Å². The first kappa shape index (κ1) is 15.8. The van der Waals surface area contributed by atoms with Crippen molar-refractivity contribution >= 4 is 11.7 Å². The van der Waals surface area contributed by atoms with Crippen LogP contribution in [0.3, 0.4) is 0 Å². The van der Waals surface area contributed by atoms with Crippen molar-refractivity contribution in [3.63, 3.8) is 0 Å². The first-order valence-corrected chi connectivity index (χ1v) is 6.86. The summed E-state index contributed by atoms with van der Waals surface area (Å²) in [5, 5.41) is 13.9. The Labute approximate surface area is 127 Å². The Morgan fingerprint density at radius 2 is 1.91 bits per heavy atom. The summed E-state index contributed by atoms with van der Waals surface area (Å²) in [6.45, 7) is 0.440. The smallest absolute Gasteiger partial charge is 0.319 e. The molecule has 0 spiro atoms. The van der Waals surface area contributed by atoms with E-state index in [0.717, 1.165) is 0 Å². The average Bonchev–Trinajstić information content (AvgIpc) is 2.50. The molecule has 0 unspecified atom stereocenters. The molecule has 3 N–H and O–H groups in total. The normalized spacial score (nSPS) is 10.1. The topological polar surface area (TPSA) is 70.6 Å². The molecule has 2 aromatic rings. The molecule has 0 bridgehead atoms. The van der Waals surface area contributed by atoms with E-state index in [1.165, 1.54) is 12.1 Å². The Bertz CT molecular complexity index is 617. The molecule has 2 aromatic carbocycles. The Hall–Kier alpha value is -2.60. The zero-order valence-electron chi connectivity index (χ0n) is 11.9. The molecule has 5 nitrogen and oxygen atoms in total. The lowest BCUT2D eigenvalue weighted by molar-refractivity contribution is 0.249. The fourth-order valence-corrected chi connectivity index (χ4v) is 1.73. The van der Waals surface area contributed by atoms with Crippen molar-refractivity contribution < 1.29 is 19.0 Å². The van der Waals surface area contributed by atoms with Crippen molar-refractivity contribution in [2.75, 3.05) is 18.5 Å². The average molecular weight is 304 g/mol. The number of hydrogen-bond acceptors (Lipinski definition) is 3. The molecule has 116 valence electrons. The van der Waals surface area contributed by atoms with Gasteiger partial charge in [0.25, 0.3) is 0 Å². The summed E-state index contributed by atoms with van der Waals surface area (Å²) < 4.78 is 18.6. The number of hydrogen-bond donors (Lipinski definition) is 3. The van der Waals surface area contributed by atoms with Crippen molar-refractivity contribution in [2.24, 2.45) is 0 Å². The summed E-state index contributed by atoms with van der Waals surface area (Å²) in [6.07, 6.45) is 0.508. The van der Waals surface area contributed by atoms with Gasteiger partial charge in [-0.3, -0.25) is 0 Å². The number of nitrogens with one attached hydrogen (secondary N) is 2. The molecule has 6 heteroatoms. The molecule has 0 fully saturated rings. The third-order valence-electron chi connectivity index (χ3n) is 2.76. The number of anilines is 1. The maximum Gasteiger partial charge on any atom is 0.319 e. The van der Waals surface area contributed by atoms with Crippen LogP contribution in [0.2, 0.25) is 0 Å². The van der Waals surface area contributed by atoms with Gasteiger partial charge in [-0.15, -0.1) is 0 Å². The van der Waals surface area contributed by atoms with E-state index >= 15 is 0 Å². The van der Waals surface area contributed by atoms with Crippen molar-refractivity contribution in [3.8, 4) is 11.5 Å². The molecule has 0 aliphatic rings.